The van der Waals surface area contributed by atoms with E-state index in [2.05, 4.69) is 35.9 Å². The molecule has 2 N–H and O–H groups in total. The van der Waals surface area contributed by atoms with E-state index < -0.39 is 0 Å². The first-order valence-corrected chi connectivity index (χ1v) is 6.89. The van der Waals surface area contributed by atoms with Crippen molar-refractivity contribution in [1.29, 1.82) is 0 Å². The van der Waals surface area contributed by atoms with Gasteiger partial charge in [0.15, 0.2) is 5.96 Å². The van der Waals surface area contributed by atoms with Crippen LogP contribution in [0.3, 0.4) is 0 Å². The number of rotatable bonds is 7. The molecule has 0 unspecified atom stereocenters. The summed E-state index contributed by atoms with van der Waals surface area (Å²) in [7, 11) is 1.68. The first-order valence-electron chi connectivity index (χ1n) is 6.89. The van der Waals surface area contributed by atoms with Crippen molar-refractivity contribution in [3.8, 4) is 5.75 Å². The van der Waals surface area contributed by atoms with Crippen LogP contribution in [0.15, 0.2) is 29.3 Å². The zero-order chi connectivity index (χ0) is 14.1. The smallest absolute Gasteiger partial charge is 0.191 e. The maximum atomic E-state index is 5.92. The molecule has 4 heteroatoms. The average molecular weight is 263 g/mol. The molecule has 0 amide bonds. The minimum atomic E-state index is 0.653. The predicted molar refractivity (Wildman–Crippen MR) is 80.7 cm³/mol. The number of hydrogen-bond donors (Lipinski definition) is 1. The molecule has 1 rings (SSSR count). The highest BCUT2D eigenvalue weighted by Crippen LogP contribution is 2.12. The molecule has 4 nitrogen and oxygen atoms in total. The molecule has 0 radical (unpaired) electrons. The van der Waals surface area contributed by atoms with Crippen LogP contribution in [0.4, 0.5) is 0 Å². The quantitative estimate of drug-likeness (QED) is 0.466. The van der Waals surface area contributed by atoms with E-state index >= 15 is 0 Å². The highest BCUT2D eigenvalue weighted by molar-refractivity contribution is 5.77. The van der Waals surface area contributed by atoms with Gasteiger partial charge in [0.05, 0.1) is 7.11 Å². The van der Waals surface area contributed by atoms with Gasteiger partial charge in [-0.05, 0) is 44.4 Å². The Morgan fingerprint density at radius 3 is 2.37 bits per heavy atom. The van der Waals surface area contributed by atoms with Crippen LogP contribution in [-0.4, -0.2) is 37.6 Å². The summed E-state index contributed by atoms with van der Waals surface area (Å²) in [6, 6.07) is 8.16. The van der Waals surface area contributed by atoms with E-state index in [0.717, 1.165) is 38.2 Å². The van der Waals surface area contributed by atoms with Crippen molar-refractivity contribution in [3.63, 3.8) is 0 Å². The molecule has 19 heavy (non-hydrogen) atoms. The lowest BCUT2D eigenvalue weighted by molar-refractivity contribution is 0.414. The summed E-state index contributed by atoms with van der Waals surface area (Å²) in [4.78, 5) is 6.47. The number of aryl methyl sites for hydroxylation is 1. The molecule has 0 aromatic heterocycles. The second-order valence-electron chi connectivity index (χ2n) is 4.36. The lowest BCUT2D eigenvalue weighted by Gasteiger charge is -2.19. The highest BCUT2D eigenvalue weighted by atomic mass is 16.5. The van der Waals surface area contributed by atoms with Crippen molar-refractivity contribution in [3.05, 3.63) is 29.8 Å². The van der Waals surface area contributed by atoms with Crippen molar-refractivity contribution in [1.82, 2.24) is 4.90 Å². The first kappa shape index (κ1) is 15.3. The van der Waals surface area contributed by atoms with Crippen LogP contribution in [0.25, 0.3) is 0 Å². The van der Waals surface area contributed by atoms with Gasteiger partial charge in [0.1, 0.15) is 5.75 Å². The third-order valence-electron chi connectivity index (χ3n) is 3.14. The predicted octanol–water partition coefficient (Wildman–Crippen LogP) is 2.28. The molecule has 0 spiro atoms. The lowest BCUT2D eigenvalue weighted by Crippen LogP contribution is -2.37. The molecule has 0 aliphatic rings. The van der Waals surface area contributed by atoms with E-state index in [0.29, 0.717) is 5.96 Å². The molecule has 0 bridgehead atoms. The van der Waals surface area contributed by atoms with Crippen LogP contribution in [0.5, 0.6) is 5.75 Å². The van der Waals surface area contributed by atoms with Crippen molar-refractivity contribution < 1.29 is 4.74 Å². The number of guanidine groups is 1. The van der Waals surface area contributed by atoms with Crippen molar-refractivity contribution in [2.24, 2.45) is 10.7 Å². The molecule has 0 fully saturated rings. The molecule has 0 saturated carbocycles. The third kappa shape index (κ3) is 5.20. The Labute approximate surface area is 116 Å². The maximum Gasteiger partial charge on any atom is 0.191 e. The van der Waals surface area contributed by atoms with Crippen LogP contribution < -0.4 is 10.5 Å². The van der Waals surface area contributed by atoms with Gasteiger partial charge in [-0.15, -0.1) is 0 Å². The normalized spacial score (nSPS) is 11.4. The highest BCUT2D eigenvalue weighted by Gasteiger charge is 2.01. The summed E-state index contributed by atoms with van der Waals surface area (Å²) in [5, 5.41) is 0. The Morgan fingerprint density at radius 2 is 1.84 bits per heavy atom. The largest absolute Gasteiger partial charge is 0.497 e. The second kappa shape index (κ2) is 8.40. The molecule has 0 aliphatic heterocycles. The van der Waals surface area contributed by atoms with Crippen molar-refractivity contribution >= 4 is 5.96 Å². The van der Waals surface area contributed by atoms with Gasteiger partial charge in [-0.1, -0.05) is 12.1 Å². The summed E-state index contributed by atoms with van der Waals surface area (Å²) in [6.07, 6.45) is 2.02. The molecular weight excluding hydrogens is 238 g/mol. The fraction of sp³-hybridized carbons (Fsp3) is 0.533. The number of ether oxygens (including phenoxy) is 1. The van der Waals surface area contributed by atoms with E-state index in [1.165, 1.54) is 5.56 Å². The number of nitrogens with zero attached hydrogens (tertiary/aromatic N) is 2. The van der Waals surface area contributed by atoms with Crippen molar-refractivity contribution in [2.75, 3.05) is 26.7 Å². The Kier molecular flexibility index (Phi) is 6.79. The van der Waals surface area contributed by atoms with E-state index in [1.807, 2.05) is 12.1 Å². The number of aliphatic imine (C=N–C) groups is 1. The van der Waals surface area contributed by atoms with E-state index in [4.69, 9.17) is 10.5 Å². The van der Waals surface area contributed by atoms with Crippen LogP contribution in [0.1, 0.15) is 25.8 Å². The Bertz CT molecular complexity index is 383. The van der Waals surface area contributed by atoms with Gasteiger partial charge in [-0.25, -0.2) is 0 Å². The third-order valence-corrected chi connectivity index (χ3v) is 3.14. The number of methoxy groups -OCH3 is 1. The van der Waals surface area contributed by atoms with Crippen LogP contribution >= 0.6 is 0 Å². The fourth-order valence-electron chi connectivity index (χ4n) is 1.92. The molecule has 1 aromatic rings. The van der Waals surface area contributed by atoms with Crippen LogP contribution in [0.2, 0.25) is 0 Å². The van der Waals surface area contributed by atoms with Gasteiger partial charge in [-0.3, -0.25) is 4.99 Å². The Morgan fingerprint density at radius 1 is 1.21 bits per heavy atom. The summed E-state index contributed by atoms with van der Waals surface area (Å²) < 4.78 is 5.13. The van der Waals surface area contributed by atoms with Gasteiger partial charge < -0.3 is 15.4 Å². The van der Waals surface area contributed by atoms with Gasteiger partial charge in [0.2, 0.25) is 0 Å². The zero-order valence-electron chi connectivity index (χ0n) is 12.2. The van der Waals surface area contributed by atoms with Crippen molar-refractivity contribution in [2.45, 2.75) is 26.7 Å². The van der Waals surface area contributed by atoms with Crippen LogP contribution in [0, 0.1) is 0 Å². The van der Waals surface area contributed by atoms with Gasteiger partial charge in [-0.2, -0.15) is 0 Å². The number of benzene rings is 1. The maximum absolute atomic E-state index is 5.92. The topological polar surface area (TPSA) is 50.8 Å². The Hall–Kier alpha value is -1.71. The molecule has 0 aliphatic carbocycles. The van der Waals surface area contributed by atoms with Gasteiger partial charge >= 0.3 is 0 Å². The van der Waals surface area contributed by atoms with E-state index in [-0.39, 0.29) is 0 Å². The summed E-state index contributed by atoms with van der Waals surface area (Å²) in [5.74, 6) is 1.55. The lowest BCUT2D eigenvalue weighted by atomic mass is 10.1. The summed E-state index contributed by atoms with van der Waals surface area (Å²) in [6.45, 7) is 6.76. The zero-order valence-corrected chi connectivity index (χ0v) is 12.2. The molecular formula is C15H25N3O. The summed E-state index contributed by atoms with van der Waals surface area (Å²) >= 11 is 0. The fourth-order valence-corrected chi connectivity index (χ4v) is 1.92. The molecule has 0 heterocycles. The van der Waals surface area contributed by atoms with Gasteiger partial charge in [0.25, 0.3) is 0 Å². The monoisotopic (exact) mass is 263 g/mol. The van der Waals surface area contributed by atoms with E-state index in [9.17, 15) is 0 Å². The Balaban J connectivity index is 2.35. The number of nitrogens with two attached hydrogens (primary N) is 1. The van der Waals surface area contributed by atoms with Crippen LogP contribution in [-0.2, 0) is 6.42 Å². The molecule has 0 atom stereocenters. The first-order chi connectivity index (χ1) is 9.21. The minimum Gasteiger partial charge on any atom is -0.497 e. The molecule has 0 saturated heterocycles. The van der Waals surface area contributed by atoms with Gasteiger partial charge in [0, 0.05) is 19.6 Å². The molecule has 106 valence electrons. The minimum absolute atomic E-state index is 0.653. The number of hydrogen-bond acceptors (Lipinski definition) is 2. The SMILES string of the molecule is CCN(CC)C(N)=NCCCc1ccc(OC)cc1. The second-order valence-corrected chi connectivity index (χ2v) is 4.36. The summed E-state index contributed by atoms with van der Waals surface area (Å²) in [5.41, 5.74) is 7.22. The van der Waals surface area contributed by atoms with E-state index in [1.54, 1.807) is 7.11 Å². The standard InChI is InChI=1S/C15H25N3O/c1-4-18(5-2)15(16)17-12-6-7-13-8-10-14(19-3)11-9-13/h8-11H,4-7,12H2,1-3H3,(H2,16,17). The average Bonchev–Trinajstić information content (AvgIpc) is 2.45. The molecule has 1 aromatic carbocycles.